The first-order valence-electron chi connectivity index (χ1n) is 4.52. The molecule has 1 N–H and O–H groups in total. The molecule has 1 rings (SSSR count). The van der Waals surface area contributed by atoms with Crippen molar-refractivity contribution in [2.45, 2.75) is 0 Å². The van der Waals surface area contributed by atoms with E-state index in [4.69, 9.17) is 5.21 Å². The number of hydrogen-bond acceptors (Lipinski definition) is 4. The molecule has 0 amide bonds. The Hall–Kier alpha value is -2.24. The van der Waals surface area contributed by atoms with Crippen molar-refractivity contribution in [2.24, 2.45) is 0 Å². The van der Waals surface area contributed by atoms with Gasteiger partial charge in [0, 0.05) is 32.4 Å². The van der Waals surface area contributed by atoms with Crippen molar-refractivity contribution < 1.29 is 14.9 Å². The minimum absolute atomic E-state index is 0.159. The molecular formula is C10H12N3O3+. The highest BCUT2D eigenvalue weighted by molar-refractivity contribution is 6.04. The second-order valence-corrected chi connectivity index (χ2v) is 3.32. The molecule has 16 heavy (non-hydrogen) atoms. The molecule has 0 aliphatic carbocycles. The van der Waals surface area contributed by atoms with Crippen molar-refractivity contribution >= 4 is 11.6 Å². The van der Waals surface area contributed by atoms with E-state index in [1.807, 2.05) is 0 Å². The SMILES string of the molecule is CN(C)/C=C/C(=O)c1ccc([N+](=O)O)nc1. The third-order valence-corrected chi connectivity index (χ3v) is 1.75. The first-order valence-corrected chi connectivity index (χ1v) is 4.52. The van der Waals surface area contributed by atoms with Crippen molar-refractivity contribution in [2.75, 3.05) is 14.1 Å². The molecule has 0 bridgehead atoms. The highest BCUT2D eigenvalue weighted by atomic mass is 16.6. The molecule has 0 unspecified atom stereocenters. The normalized spacial score (nSPS) is 10.4. The summed E-state index contributed by atoms with van der Waals surface area (Å²) in [4.78, 5) is 27.0. The van der Waals surface area contributed by atoms with E-state index in [0.29, 0.717) is 5.56 Å². The summed E-state index contributed by atoms with van der Waals surface area (Å²) in [6.45, 7) is 0. The zero-order valence-electron chi connectivity index (χ0n) is 8.99. The van der Waals surface area contributed by atoms with Crippen LogP contribution in [0.2, 0.25) is 0 Å². The summed E-state index contributed by atoms with van der Waals surface area (Å²) >= 11 is 0. The molecule has 6 heteroatoms. The van der Waals surface area contributed by atoms with Crippen LogP contribution in [0.15, 0.2) is 30.6 Å². The molecule has 1 aromatic rings. The van der Waals surface area contributed by atoms with Crippen molar-refractivity contribution in [3.63, 3.8) is 0 Å². The maximum absolute atomic E-state index is 11.5. The fourth-order valence-corrected chi connectivity index (χ4v) is 0.958. The lowest BCUT2D eigenvalue weighted by molar-refractivity contribution is -0.732. The third-order valence-electron chi connectivity index (χ3n) is 1.75. The summed E-state index contributed by atoms with van der Waals surface area (Å²) in [6.07, 6.45) is 4.24. The lowest BCUT2D eigenvalue weighted by Gasteiger charge is -2.01. The standard InChI is InChI=1S/C10H12N3O3/c1-12(2)6-5-9(14)8-3-4-10(11-7-8)13(15)16/h3-7H,1-2H3,(H,15,16)/q+1/b6-5+. The van der Waals surface area contributed by atoms with Gasteiger partial charge >= 0.3 is 5.82 Å². The molecule has 0 spiro atoms. The summed E-state index contributed by atoms with van der Waals surface area (Å²) < 4.78 is 0. The van der Waals surface area contributed by atoms with E-state index in [9.17, 15) is 9.70 Å². The predicted molar refractivity (Wildman–Crippen MR) is 56.5 cm³/mol. The lowest BCUT2D eigenvalue weighted by atomic mass is 10.2. The van der Waals surface area contributed by atoms with Gasteiger partial charge in [-0.3, -0.25) is 4.79 Å². The smallest absolute Gasteiger partial charge is 0.383 e. The zero-order chi connectivity index (χ0) is 12.1. The average Bonchev–Trinajstić information content (AvgIpc) is 2.26. The van der Waals surface area contributed by atoms with Gasteiger partial charge in [0.25, 0.3) is 0 Å². The Morgan fingerprint density at radius 3 is 2.62 bits per heavy atom. The van der Waals surface area contributed by atoms with E-state index in [1.165, 1.54) is 24.4 Å². The van der Waals surface area contributed by atoms with E-state index < -0.39 is 0 Å². The van der Waals surface area contributed by atoms with E-state index in [-0.39, 0.29) is 16.5 Å². The highest BCUT2D eigenvalue weighted by Gasteiger charge is 2.13. The molecule has 0 saturated heterocycles. The number of pyridine rings is 1. The number of aromatic nitrogens is 1. The molecule has 0 atom stereocenters. The van der Waals surface area contributed by atoms with Gasteiger partial charge in [0.2, 0.25) is 0 Å². The van der Waals surface area contributed by atoms with Gasteiger partial charge in [-0.25, -0.2) is 0 Å². The zero-order valence-corrected chi connectivity index (χ0v) is 8.99. The molecule has 0 aliphatic rings. The lowest BCUT2D eigenvalue weighted by Crippen LogP contribution is -2.04. The minimum atomic E-state index is -0.357. The van der Waals surface area contributed by atoms with Crippen LogP contribution in [-0.4, -0.2) is 39.9 Å². The molecule has 6 nitrogen and oxygen atoms in total. The van der Waals surface area contributed by atoms with Gasteiger partial charge in [0.15, 0.2) is 16.9 Å². The Morgan fingerprint density at radius 2 is 2.19 bits per heavy atom. The number of nitrogens with zero attached hydrogens (tertiary/aromatic N) is 3. The number of carbonyl (C=O) groups excluding carboxylic acids is 1. The van der Waals surface area contributed by atoms with Crippen molar-refractivity contribution in [1.82, 2.24) is 9.88 Å². The fourth-order valence-electron chi connectivity index (χ4n) is 0.958. The van der Waals surface area contributed by atoms with Crippen LogP contribution in [0.5, 0.6) is 0 Å². The number of rotatable bonds is 4. The molecule has 1 aromatic heterocycles. The first kappa shape index (κ1) is 11.8. The van der Waals surface area contributed by atoms with Gasteiger partial charge in [0.1, 0.15) is 0 Å². The summed E-state index contributed by atoms with van der Waals surface area (Å²) in [7, 11) is 3.60. The van der Waals surface area contributed by atoms with E-state index in [0.717, 1.165) is 0 Å². The number of carbonyl (C=O) groups is 1. The monoisotopic (exact) mass is 222 g/mol. The number of allylic oxidation sites excluding steroid dienone is 1. The van der Waals surface area contributed by atoms with Crippen LogP contribution >= 0.6 is 0 Å². The van der Waals surface area contributed by atoms with Gasteiger partial charge in [-0.1, -0.05) is 0 Å². The molecule has 0 fully saturated rings. The molecule has 1 heterocycles. The van der Waals surface area contributed by atoms with E-state index >= 15 is 0 Å². The molecular weight excluding hydrogens is 210 g/mol. The van der Waals surface area contributed by atoms with Crippen molar-refractivity contribution in [3.8, 4) is 0 Å². The van der Waals surface area contributed by atoms with Crippen molar-refractivity contribution in [1.29, 1.82) is 0 Å². The first-order chi connectivity index (χ1) is 7.50. The molecule has 0 aromatic carbocycles. The highest BCUT2D eigenvalue weighted by Crippen LogP contribution is 2.07. The largest absolute Gasteiger partial charge is 0.408 e. The molecule has 0 saturated carbocycles. The van der Waals surface area contributed by atoms with Crippen LogP contribution in [-0.2, 0) is 0 Å². The topological polar surface area (TPSA) is 73.5 Å². The van der Waals surface area contributed by atoms with E-state index in [1.54, 1.807) is 25.2 Å². The van der Waals surface area contributed by atoms with Gasteiger partial charge < -0.3 is 10.1 Å². The van der Waals surface area contributed by atoms with Crippen LogP contribution in [0.4, 0.5) is 5.82 Å². The summed E-state index contributed by atoms with van der Waals surface area (Å²) in [5.74, 6) is -0.378. The van der Waals surface area contributed by atoms with E-state index in [2.05, 4.69) is 4.98 Å². The maximum atomic E-state index is 11.5. The van der Waals surface area contributed by atoms with Crippen LogP contribution in [0.1, 0.15) is 10.4 Å². The number of ketones is 1. The molecule has 84 valence electrons. The Morgan fingerprint density at radius 1 is 1.50 bits per heavy atom. The van der Waals surface area contributed by atoms with Gasteiger partial charge in [-0.2, -0.15) is 0 Å². The Kier molecular flexibility index (Phi) is 3.71. The Bertz CT molecular complexity index is 423. The van der Waals surface area contributed by atoms with Gasteiger partial charge in [-0.05, 0) is 16.0 Å². The summed E-state index contributed by atoms with van der Waals surface area (Å²) in [6, 6.07) is 2.69. The maximum Gasteiger partial charge on any atom is 0.408 e. The van der Waals surface area contributed by atoms with Crippen LogP contribution in [0, 0.1) is 4.91 Å². The second kappa shape index (κ2) is 5.01. The number of hydrogen-bond donors (Lipinski definition) is 1. The quantitative estimate of drug-likeness (QED) is 0.469. The Balaban J connectivity index is 2.82. The Labute approximate surface area is 92.4 Å². The molecule has 0 aliphatic heterocycles. The second-order valence-electron chi connectivity index (χ2n) is 3.32. The van der Waals surface area contributed by atoms with Gasteiger partial charge in [0.05, 0.1) is 5.56 Å². The molecule has 0 radical (unpaired) electrons. The fraction of sp³-hybridized carbons (Fsp3) is 0.200. The van der Waals surface area contributed by atoms with Crippen LogP contribution < -0.4 is 0 Å². The third kappa shape index (κ3) is 3.16. The van der Waals surface area contributed by atoms with Crippen molar-refractivity contribution in [3.05, 3.63) is 41.1 Å². The summed E-state index contributed by atoms with van der Waals surface area (Å²) in [5, 5.41) is 8.54. The van der Waals surface area contributed by atoms with Crippen LogP contribution in [0.3, 0.4) is 0 Å². The average molecular weight is 222 g/mol. The minimum Gasteiger partial charge on any atom is -0.383 e. The summed E-state index contributed by atoms with van der Waals surface area (Å²) in [5.41, 5.74) is 0.351. The predicted octanol–water partition coefficient (Wildman–Crippen LogP) is 1.14. The van der Waals surface area contributed by atoms with Gasteiger partial charge in [-0.15, -0.1) is 0 Å². The van der Waals surface area contributed by atoms with Crippen LogP contribution in [0.25, 0.3) is 0 Å².